The van der Waals surface area contributed by atoms with E-state index in [1.165, 1.54) is 0 Å². The van der Waals surface area contributed by atoms with Gasteiger partial charge < -0.3 is 15.7 Å². The number of amides is 2. The minimum Gasteiger partial charge on any atom is -0.480 e. The third-order valence-electron chi connectivity index (χ3n) is 3.06. The second kappa shape index (κ2) is 7.14. The zero-order valence-corrected chi connectivity index (χ0v) is 11.4. The number of para-hydroxylation sites is 1. The molecule has 2 atom stereocenters. The molecule has 6 nitrogen and oxygen atoms in total. The molecule has 0 spiro atoms. The molecule has 0 heterocycles. The van der Waals surface area contributed by atoms with Crippen LogP contribution in [0, 0.1) is 17.2 Å². The first-order chi connectivity index (χ1) is 9.49. The van der Waals surface area contributed by atoms with Crippen molar-refractivity contribution >= 4 is 17.7 Å². The van der Waals surface area contributed by atoms with E-state index in [0.29, 0.717) is 17.7 Å². The Balaban J connectivity index is 2.76. The van der Waals surface area contributed by atoms with Crippen LogP contribution >= 0.6 is 0 Å². The van der Waals surface area contributed by atoms with Crippen molar-refractivity contribution in [1.29, 1.82) is 5.26 Å². The second-order valence-electron chi connectivity index (χ2n) is 4.46. The minimum absolute atomic E-state index is 0.190. The number of anilines is 1. The molecular weight excluding hydrogens is 258 g/mol. The van der Waals surface area contributed by atoms with Crippen LogP contribution in [0.1, 0.15) is 25.8 Å². The summed E-state index contributed by atoms with van der Waals surface area (Å²) in [5.74, 6) is -1.27. The van der Waals surface area contributed by atoms with E-state index >= 15 is 0 Å². The van der Waals surface area contributed by atoms with Gasteiger partial charge in [0.1, 0.15) is 12.1 Å². The van der Waals surface area contributed by atoms with E-state index < -0.39 is 18.0 Å². The van der Waals surface area contributed by atoms with Crippen molar-refractivity contribution in [3.05, 3.63) is 29.8 Å². The smallest absolute Gasteiger partial charge is 0.326 e. The standard InChI is InChI=1S/C14H17N3O3/c1-3-9(2)12(13(18)19)17-14(20)16-11-7-5-4-6-10(11)8-15/h4-7,9,12H,3H2,1-2H3,(H,18,19)(H2,16,17,20). The first kappa shape index (κ1) is 15.5. The lowest BCUT2D eigenvalue weighted by Gasteiger charge is -2.20. The molecular formula is C14H17N3O3. The van der Waals surface area contributed by atoms with E-state index in [9.17, 15) is 9.59 Å². The van der Waals surface area contributed by atoms with Crippen molar-refractivity contribution in [2.45, 2.75) is 26.3 Å². The number of carboxylic acids is 1. The highest BCUT2D eigenvalue weighted by Gasteiger charge is 2.25. The number of aliphatic carboxylic acids is 1. The van der Waals surface area contributed by atoms with Crippen LogP contribution in [0.5, 0.6) is 0 Å². The predicted molar refractivity (Wildman–Crippen MR) is 74.2 cm³/mol. The lowest BCUT2D eigenvalue weighted by atomic mass is 9.99. The number of rotatable bonds is 5. The molecule has 1 aromatic carbocycles. The van der Waals surface area contributed by atoms with Crippen LogP contribution in [0.25, 0.3) is 0 Å². The Kier molecular flexibility index (Phi) is 5.54. The monoisotopic (exact) mass is 275 g/mol. The fourth-order valence-electron chi connectivity index (χ4n) is 1.67. The number of carboxylic acid groups (broad SMARTS) is 1. The van der Waals surface area contributed by atoms with Gasteiger partial charge in [0.2, 0.25) is 0 Å². The first-order valence-electron chi connectivity index (χ1n) is 6.29. The van der Waals surface area contributed by atoms with Crippen LogP contribution in [0.2, 0.25) is 0 Å². The van der Waals surface area contributed by atoms with Gasteiger partial charge in [-0.3, -0.25) is 0 Å². The number of urea groups is 1. The lowest BCUT2D eigenvalue weighted by molar-refractivity contribution is -0.140. The molecule has 0 radical (unpaired) electrons. The van der Waals surface area contributed by atoms with Gasteiger partial charge in [-0.2, -0.15) is 5.26 Å². The molecule has 0 aliphatic rings. The molecule has 3 N–H and O–H groups in total. The van der Waals surface area contributed by atoms with Crippen molar-refractivity contribution in [3.8, 4) is 6.07 Å². The van der Waals surface area contributed by atoms with Crippen LogP contribution in [0.4, 0.5) is 10.5 Å². The molecule has 106 valence electrons. The van der Waals surface area contributed by atoms with E-state index in [1.54, 1.807) is 31.2 Å². The van der Waals surface area contributed by atoms with E-state index in [2.05, 4.69) is 10.6 Å². The normalized spacial score (nSPS) is 12.8. The quantitative estimate of drug-likeness (QED) is 0.766. The Bertz CT molecular complexity index is 537. The Labute approximate surface area is 117 Å². The third-order valence-corrected chi connectivity index (χ3v) is 3.06. The Morgan fingerprint density at radius 2 is 2.05 bits per heavy atom. The maximum atomic E-state index is 11.8. The average molecular weight is 275 g/mol. The number of nitriles is 1. The van der Waals surface area contributed by atoms with Crippen LogP contribution in [0.3, 0.4) is 0 Å². The summed E-state index contributed by atoms with van der Waals surface area (Å²) in [4.78, 5) is 22.9. The van der Waals surface area contributed by atoms with Crippen molar-refractivity contribution in [2.24, 2.45) is 5.92 Å². The van der Waals surface area contributed by atoms with Gasteiger partial charge in [0.05, 0.1) is 11.3 Å². The first-order valence-corrected chi connectivity index (χ1v) is 6.29. The summed E-state index contributed by atoms with van der Waals surface area (Å²) in [5, 5.41) is 22.9. The third kappa shape index (κ3) is 3.99. The Morgan fingerprint density at radius 3 is 2.60 bits per heavy atom. The van der Waals surface area contributed by atoms with E-state index in [4.69, 9.17) is 10.4 Å². The summed E-state index contributed by atoms with van der Waals surface area (Å²) >= 11 is 0. The van der Waals surface area contributed by atoms with Gasteiger partial charge in [0.15, 0.2) is 0 Å². The molecule has 1 rings (SSSR count). The molecule has 0 aromatic heterocycles. The van der Waals surface area contributed by atoms with Gasteiger partial charge in [0.25, 0.3) is 0 Å². The molecule has 0 fully saturated rings. The maximum absolute atomic E-state index is 11.8. The molecule has 2 amide bonds. The van der Waals surface area contributed by atoms with Gasteiger partial charge in [-0.1, -0.05) is 32.4 Å². The van der Waals surface area contributed by atoms with E-state index in [-0.39, 0.29) is 5.92 Å². The summed E-state index contributed by atoms with van der Waals surface area (Å²) in [6, 6.07) is 6.86. The summed E-state index contributed by atoms with van der Waals surface area (Å²) in [5.41, 5.74) is 0.666. The van der Waals surface area contributed by atoms with Crippen LogP contribution in [0.15, 0.2) is 24.3 Å². The topological polar surface area (TPSA) is 102 Å². The maximum Gasteiger partial charge on any atom is 0.326 e. The predicted octanol–water partition coefficient (Wildman–Crippen LogP) is 2.18. The fourth-order valence-corrected chi connectivity index (χ4v) is 1.67. The number of nitrogens with one attached hydrogen (secondary N) is 2. The van der Waals surface area contributed by atoms with Crippen molar-refractivity contribution in [3.63, 3.8) is 0 Å². The molecule has 0 bridgehead atoms. The Hall–Kier alpha value is -2.55. The highest BCUT2D eigenvalue weighted by molar-refractivity contribution is 5.93. The zero-order chi connectivity index (χ0) is 15.1. The number of nitrogens with zero attached hydrogens (tertiary/aromatic N) is 1. The molecule has 0 aliphatic carbocycles. The SMILES string of the molecule is CCC(C)C(NC(=O)Nc1ccccc1C#N)C(=O)O. The van der Waals surface area contributed by atoms with Crippen LogP contribution in [-0.4, -0.2) is 23.1 Å². The van der Waals surface area contributed by atoms with Crippen molar-refractivity contribution in [1.82, 2.24) is 5.32 Å². The van der Waals surface area contributed by atoms with Gasteiger partial charge >= 0.3 is 12.0 Å². The van der Waals surface area contributed by atoms with E-state index in [0.717, 1.165) is 0 Å². The molecule has 20 heavy (non-hydrogen) atoms. The fraction of sp³-hybridized carbons (Fsp3) is 0.357. The number of hydrogen-bond donors (Lipinski definition) is 3. The van der Waals surface area contributed by atoms with Crippen molar-refractivity contribution in [2.75, 3.05) is 5.32 Å². The molecule has 2 unspecified atom stereocenters. The molecule has 0 aliphatic heterocycles. The van der Waals surface area contributed by atoms with Gasteiger partial charge in [-0.25, -0.2) is 9.59 Å². The number of benzene rings is 1. The van der Waals surface area contributed by atoms with Crippen molar-refractivity contribution < 1.29 is 14.7 Å². The highest BCUT2D eigenvalue weighted by Crippen LogP contribution is 2.14. The van der Waals surface area contributed by atoms with Gasteiger partial charge in [0, 0.05) is 0 Å². The summed E-state index contributed by atoms with van der Waals surface area (Å²) < 4.78 is 0. The largest absolute Gasteiger partial charge is 0.480 e. The Morgan fingerprint density at radius 1 is 1.40 bits per heavy atom. The zero-order valence-electron chi connectivity index (χ0n) is 11.4. The van der Waals surface area contributed by atoms with Crippen LogP contribution in [-0.2, 0) is 4.79 Å². The summed E-state index contributed by atoms with van der Waals surface area (Å²) in [6.45, 7) is 3.60. The molecule has 0 saturated heterocycles. The minimum atomic E-state index is -1.08. The second-order valence-corrected chi connectivity index (χ2v) is 4.46. The highest BCUT2D eigenvalue weighted by atomic mass is 16.4. The molecule has 1 aromatic rings. The number of carbonyl (C=O) groups is 2. The average Bonchev–Trinajstić information content (AvgIpc) is 2.44. The number of hydrogen-bond acceptors (Lipinski definition) is 3. The van der Waals surface area contributed by atoms with Gasteiger partial charge in [-0.15, -0.1) is 0 Å². The van der Waals surface area contributed by atoms with Gasteiger partial charge in [-0.05, 0) is 18.1 Å². The molecule has 0 saturated carbocycles. The van der Waals surface area contributed by atoms with Crippen LogP contribution < -0.4 is 10.6 Å². The van der Waals surface area contributed by atoms with E-state index in [1.807, 2.05) is 13.0 Å². The number of carbonyl (C=O) groups excluding carboxylic acids is 1. The summed E-state index contributed by atoms with van der Waals surface area (Å²) in [6.07, 6.45) is 0.631. The summed E-state index contributed by atoms with van der Waals surface area (Å²) in [7, 11) is 0. The lowest BCUT2D eigenvalue weighted by Crippen LogP contribution is -2.46. The molecule has 6 heteroatoms.